The average Bonchev–Trinajstić information content (AvgIpc) is 3.06. The predicted octanol–water partition coefficient (Wildman–Crippen LogP) is 3.72. The summed E-state index contributed by atoms with van der Waals surface area (Å²) in [6.07, 6.45) is -3.53. The maximum Gasteiger partial charge on any atom is 0.573 e. The number of hydrogen-bond donors (Lipinski definition) is 2. The van der Waals surface area contributed by atoms with Crippen molar-refractivity contribution < 1.29 is 35.9 Å². The van der Waals surface area contributed by atoms with Crippen LogP contribution >= 0.6 is 0 Å². The van der Waals surface area contributed by atoms with Gasteiger partial charge in [-0.05, 0) is 54.1 Å². The zero-order valence-corrected chi connectivity index (χ0v) is 19.1. The molecule has 3 aromatic rings. The third-order valence-electron chi connectivity index (χ3n) is 4.83. The summed E-state index contributed by atoms with van der Waals surface area (Å²) in [5.41, 5.74) is 0.914. The van der Waals surface area contributed by atoms with Crippen LogP contribution < -0.4 is 19.1 Å². The number of rotatable bonds is 8. The van der Waals surface area contributed by atoms with E-state index in [1.165, 1.54) is 29.3 Å². The van der Waals surface area contributed by atoms with Crippen LogP contribution in [0, 0.1) is 0 Å². The molecule has 0 aliphatic carbocycles. The highest BCUT2D eigenvalue weighted by molar-refractivity contribution is 7.94. The number of urea groups is 1. The lowest BCUT2D eigenvalue weighted by atomic mass is 10.2. The third kappa shape index (κ3) is 6.21. The van der Waals surface area contributed by atoms with Crippen molar-refractivity contribution in [3.63, 3.8) is 0 Å². The molecule has 0 saturated carbocycles. The molecule has 10 nitrogen and oxygen atoms in total. The summed E-state index contributed by atoms with van der Waals surface area (Å²) in [4.78, 5) is 31.3. The maximum atomic E-state index is 12.8. The molecular formula is C22H18F3N5O5S. The van der Waals surface area contributed by atoms with Crippen molar-refractivity contribution in [1.29, 1.82) is 0 Å². The number of para-hydroxylation sites is 1. The Hall–Kier alpha value is -4.33. The fraction of sp³-hybridized carbons (Fsp3) is 0.136. The number of halogens is 3. The van der Waals surface area contributed by atoms with E-state index in [1.54, 1.807) is 36.4 Å². The summed E-state index contributed by atoms with van der Waals surface area (Å²) in [5.74, 6) is -1.08. The fourth-order valence-electron chi connectivity index (χ4n) is 3.40. The number of imide groups is 1. The van der Waals surface area contributed by atoms with E-state index in [0.717, 1.165) is 17.0 Å². The smallest absolute Gasteiger partial charge is 0.406 e. The molecular weight excluding hydrogens is 503 g/mol. The Balaban J connectivity index is 1.43. The van der Waals surface area contributed by atoms with Gasteiger partial charge in [-0.2, -0.15) is 8.42 Å². The van der Waals surface area contributed by atoms with Gasteiger partial charge in [0.15, 0.2) is 0 Å². The van der Waals surface area contributed by atoms with E-state index in [1.807, 2.05) is 0 Å². The Kier molecular flexibility index (Phi) is 6.70. The normalized spacial score (nSPS) is 14.2. The zero-order chi connectivity index (χ0) is 25.9. The third-order valence-corrected chi connectivity index (χ3v) is 5.81. The van der Waals surface area contributed by atoms with Gasteiger partial charge in [-0.1, -0.05) is 18.2 Å². The Morgan fingerprint density at radius 1 is 0.972 bits per heavy atom. The second kappa shape index (κ2) is 9.73. The molecule has 0 atom stereocenters. The molecule has 0 radical (unpaired) electrons. The number of nitrogens with zero attached hydrogens (tertiary/aromatic N) is 3. The minimum Gasteiger partial charge on any atom is -0.406 e. The molecule has 0 bridgehead atoms. The second-order valence-corrected chi connectivity index (χ2v) is 8.95. The molecule has 1 saturated heterocycles. The number of amides is 3. The van der Waals surface area contributed by atoms with Crippen LogP contribution in [0.1, 0.15) is 5.56 Å². The van der Waals surface area contributed by atoms with Crippen LogP contribution in [0.2, 0.25) is 0 Å². The van der Waals surface area contributed by atoms with Crippen molar-refractivity contribution in [2.75, 3.05) is 20.9 Å². The minimum absolute atomic E-state index is 0.00832. The molecule has 188 valence electrons. The summed E-state index contributed by atoms with van der Waals surface area (Å²) < 4.78 is 70.2. The molecule has 4 rings (SSSR count). The molecule has 36 heavy (non-hydrogen) atoms. The highest BCUT2D eigenvalue weighted by Crippen LogP contribution is 2.28. The van der Waals surface area contributed by atoms with Crippen LogP contribution in [0.5, 0.6) is 5.75 Å². The van der Waals surface area contributed by atoms with Crippen molar-refractivity contribution in [2.24, 2.45) is 0 Å². The summed E-state index contributed by atoms with van der Waals surface area (Å²) in [6, 6.07) is 14.8. The standard InChI is InChI=1S/C22H18F3N5O5S/c23-22(24,25)35-18-8-6-17(7-9-18)30-20(31)14-29(21(30)32)13-15-10-11-26-19(12-15)28-36(33,34)27-16-4-2-1-3-5-16/h1-12,27H,13-14H2,(H,26,28). The molecule has 3 amide bonds. The number of benzene rings is 2. The average molecular weight is 521 g/mol. The van der Waals surface area contributed by atoms with Gasteiger partial charge in [0, 0.05) is 12.7 Å². The predicted molar refractivity (Wildman–Crippen MR) is 123 cm³/mol. The van der Waals surface area contributed by atoms with Crippen molar-refractivity contribution in [3.05, 3.63) is 78.5 Å². The SMILES string of the molecule is O=C1CN(Cc2ccnc(NS(=O)(=O)Nc3ccccc3)c2)C(=O)N1c1ccc(OC(F)(F)F)cc1. The number of carbonyl (C=O) groups excluding carboxylic acids is 2. The first-order valence-corrected chi connectivity index (χ1v) is 11.8. The van der Waals surface area contributed by atoms with Gasteiger partial charge in [-0.3, -0.25) is 14.2 Å². The Labute approximate surface area is 203 Å². The molecule has 2 aromatic carbocycles. The summed E-state index contributed by atoms with van der Waals surface area (Å²) in [5, 5.41) is 0. The molecule has 1 aliphatic heterocycles. The number of carbonyl (C=O) groups is 2. The second-order valence-electron chi connectivity index (χ2n) is 7.53. The number of alkyl halides is 3. The molecule has 1 aliphatic rings. The first-order chi connectivity index (χ1) is 17.0. The molecule has 2 heterocycles. The van der Waals surface area contributed by atoms with E-state index in [0.29, 0.717) is 11.3 Å². The van der Waals surface area contributed by atoms with E-state index in [2.05, 4.69) is 19.2 Å². The van der Waals surface area contributed by atoms with Crippen molar-refractivity contribution in [2.45, 2.75) is 12.9 Å². The van der Waals surface area contributed by atoms with E-state index in [-0.39, 0.29) is 24.6 Å². The molecule has 1 aromatic heterocycles. The van der Waals surface area contributed by atoms with Gasteiger partial charge in [0.25, 0.3) is 5.91 Å². The lowest BCUT2D eigenvalue weighted by Gasteiger charge is -2.18. The van der Waals surface area contributed by atoms with Crippen LogP contribution in [0.15, 0.2) is 72.9 Å². The summed E-state index contributed by atoms with van der Waals surface area (Å²) in [7, 11) is -4.00. The lowest BCUT2D eigenvalue weighted by Crippen LogP contribution is -2.32. The highest BCUT2D eigenvalue weighted by atomic mass is 32.2. The first kappa shape index (κ1) is 24.8. The van der Waals surface area contributed by atoms with Gasteiger partial charge in [-0.15, -0.1) is 13.2 Å². The summed E-state index contributed by atoms with van der Waals surface area (Å²) in [6.45, 7) is -0.321. The molecule has 1 fully saturated rings. The van der Waals surface area contributed by atoms with Gasteiger partial charge in [0.05, 0.1) is 11.4 Å². The van der Waals surface area contributed by atoms with Crippen LogP contribution in [-0.4, -0.2) is 43.1 Å². The van der Waals surface area contributed by atoms with Gasteiger partial charge in [0.2, 0.25) is 0 Å². The lowest BCUT2D eigenvalue weighted by molar-refractivity contribution is -0.274. The number of anilines is 3. The number of pyridine rings is 1. The van der Waals surface area contributed by atoms with E-state index < -0.39 is 34.3 Å². The van der Waals surface area contributed by atoms with Crippen LogP contribution in [0.4, 0.5) is 35.2 Å². The van der Waals surface area contributed by atoms with Crippen LogP contribution in [0.25, 0.3) is 0 Å². The largest absolute Gasteiger partial charge is 0.573 e. The van der Waals surface area contributed by atoms with Gasteiger partial charge in [0.1, 0.15) is 18.1 Å². The highest BCUT2D eigenvalue weighted by Gasteiger charge is 2.37. The number of nitrogens with one attached hydrogen (secondary N) is 2. The summed E-state index contributed by atoms with van der Waals surface area (Å²) >= 11 is 0. The van der Waals surface area contributed by atoms with Crippen LogP contribution in [0.3, 0.4) is 0 Å². The monoisotopic (exact) mass is 521 g/mol. The number of ether oxygens (including phenoxy) is 1. The van der Waals surface area contributed by atoms with Crippen molar-refractivity contribution >= 4 is 39.3 Å². The molecule has 0 spiro atoms. The van der Waals surface area contributed by atoms with E-state index >= 15 is 0 Å². The topological polar surface area (TPSA) is 121 Å². The Bertz CT molecular complexity index is 1370. The van der Waals surface area contributed by atoms with Crippen LogP contribution in [-0.2, 0) is 21.5 Å². The first-order valence-electron chi connectivity index (χ1n) is 10.3. The Morgan fingerprint density at radius 2 is 1.67 bits per heavy atom. The zero-order valence-electron chi connectivity index (χ0n) is 18.3. The van der Waals surface area contributed by atoms with Crippen molar-refractivity contribution in [1.82, 2.24) is 9.88 Å². The fourth-order valence-corrected chi connectivity index (χ4v) is 4.28. The quantitative estimate of drug-likeness (QED) is 0.436. The van der Waals surface area contributed by atoms with E-state index in [9.17, 15) is 31.2 Å². The molecule has 2 N–H and O–H groups in total. The minimum atomic E-state index is -4.87. The van der Waals surface area contributed by atoms with Gasteiger partial charge >= 0.3 is 22.6 Å². The van der Waals surface area contributed by atoms with Gasteiger partial charge in [-0.25, -0.2) is 14.7 Å². The maximum absolute atomic E-state index is 12.8. The van der Waals surface area contributed by atoms with Gasteiger partial charge < -0.3 is 9.64 Å². The number of hydrogen-bond acceptors (Lipinski definition) is 6. The Morgan fingerprint density at radius 3 is 2.33 bits per heavy atom. The van der Waals surface area contributed by atoms with Crippen molar-refractivity contribution in [3.8, 4) is 5.75 Å². The molecule has 14 heteroatoms. The molecule has 0 unspecified atom stereocenters. The van der Waals surface area contributed by atoms with E-state index in [4.69, 9.17) is 0 Å². The number of aromatic nitrogens is 1.